The quantitative estimate of drug-likeness (QED) is 0.633. The van der Waals surface area contributed by atoms with Crippen molar-refractivity contribution in [2.75, 3.05) is 0 Å². The molecule has 112 valence electrons. The van der Waals surface area contributed by atoms with E-state index in [1.54, 1.807) is 30.3 Å². The number of aryl methyl sites for hydroxylation is 1. The average molecular weight is 302 g/mol. The maximum atomic E-state index is 14.0. The fraction of sp³-hybridized carbons (Fsp3) is 0.0476. The number of phenolic OH excluding ortho intramolecular Hbond substituents is 1. The van der Waals surface area contributed by atoms with Crippen molar-refractivity contribution in [1.82, 2.24) is 0 Å². The molecular formula is C21H15FO. The Hall–Kier alpha value is -3.05. The molecule has 0 radical (unpaired) electrons. The molecule has 2 heteroatoms. The molecule has 0 saturated heterocycles. The summed E-state index contributed by atoms with van der Waals surface area (Å²) in [6, 6.07) is 19.5. The summed E-state index contributed by atoms with van der Waals surface area (Å²) < 4.78 is 14.0. The lowest BCUT2D eigenvalue weighted by atomic mass is 10.0. The summed E-state index contributed by atoms with van der Waals surface area (Å²) in [7, 11) is 0. The van der Waals surface area contributed by atoms with Gasteiger partial charge in [-0.05, 0) is 60.5 Å². The Morgan fingerprint density at radius 2 is 1.35 bits per heavy atom. The fourth-order valence-corrected chi connectivity index (χ4v) is 2.28. The van der Waals surface area contributed by atoms with Crippen LogP contribution in [0.2, 0.25) is 0 Å². The molecule has 23 heavy (non-hydrogen) atoms. The minimum atomic E-state index is -0.215. The first-order valence-corrected chi connectivity index (χ1v) is 7.29. The Morgan fingerprint density at radius 3 is 1.91 bits per heavy atom. The molecule has 0 fully saturated rings. The first kappa shape index (κ1) is 14.9. The van der Waals surface area contributed by atoms with E-state index in [0.717, 1.165) is 22.3 Å². The zero-order valence-electron chi connectivity index (χ0n) is 12.7. The van der Waals surface area contributed by atoms with Crippen LogP contribution >= 0.6 is 0 Å². The van der Waals surface area contributed by atoms with Gasteiger partial charge >= 0.3 is 0 Å². The molecule has 1 N–H and O–H groups in total. The van der Waals surface area contributed by atoms with Crippen LogP contribution in [0.5, 0.6) is 5.75 Å². The molecule has 3 rings (SSSR count). The van der Waals surface area contributed by atoms with Crippen molar-refractivity contribution >= 4 is 0 Å². The largest absolute Gasteiger partial charge is 0.508 e. The number of aromatic hydroxyl groups is 1. The van der Waals surface area contributed by atoms with Crippen molar-refractivity contribution < 1.29 is 9.50 Å². The lowest BCUT2D eigenvalue weighted by Crippen LogP contribution is -1.86. The third-order valence-corrected chi connectivity index (χ3v) is 3.54. The summed E-state index contributed by atoms with van der Waals surface area (Å²) in [6.45, 7) is 1.87. The molecule has 3 aromatic rings. The van der Waals surface area contributed by atoms with Crippen LogP contribution in [0.1, 0.15) is 16.7 Å². The summed E-state index contributed by atoms with van der Waals surface area (Å²) in [5.41, 5.74) is 4.01. The van der Waals surface area contributed by atoms with Crippen LogP contribution in [-0.4, -0.2) is 5.11 Å². The van der Waals surface area contributed by atoms with Crippen molar-refractivity contribution in [2.24, 2.45) is 0 Å². The minimum Gasteiger partial charge on any atom is -0.508 e. The average Bonchev–Trinajstić information content (AvgIpc) is 2.55. The van der Waals surface area contributed by atoms with Gasteiger partial charge < -0.3 is 5.11 Å². The van der Waals surface area contributed by atoms with Gasteiger partial charge in [-0.15, -0.1) is 0 Å². The molecule has 0 heterocycles. The fourth-order valence-electron chi connectivity index (χ4n) is 2.28. The summed E-state index contributed by atoms with van der Waals surface area (Å²) in [6.07, 6.45) is 0. The monoisotopic (exact) mass is 302 g/mol. The Bertz CT molecular complexity index is 882. The topological polar surface area (TPSA) is 20.2 Å². The molecular weight excluding hydrogens is 287 g/mol. The van der Waals surface area contributed by atoms with Crippen LogP contribution in [0.15, 0.2) is 66.7 Å². The summed E-state index contributed by atoms with van der Waals surface area (Å²) >= 11 is 0. The van der Waals surface area contributed by atoms with E-state index < -0.39 is 0 Å². The van der Waals surface area contributed by atoms with Gasteiger partial charge in [0.1, 0.15) is 11.6 Å². The van der Waals surface area contributed by atoms with E-state index in [2.05, 4.69) is 11.8 Å². The summed E-state index contributed by atoms with van der Waals surface area (Å²) in [5.74, 6) is 6.10. The van der Waals surface area contributed by atoms with Crippen molar-refractivity contribution in [3.05, 3.63) is 89.2 Å². The highest BCUT2D eigenvalue weighted by atomic mass is 19.1. The second-order valence-electron chi connectivity index (χ2n) is 5.36. The molecule has 3 aromatic carbocycles. The molecule has 1 nitrogen and oxygen atoms in total. The first-order valence-electron chi connectivity index (χ1n) is 7.29. The van der Waals surface area contributed by atoms with Crippen LogP contribution in [0.3, 0.4) is 0 Å². The van der Waals surface area contributed by atoms with Gasteiger partial charge in [0, 0.05) is 16.7 Å². The van der Waals surface area contributed by atoms with Crippen LogP contribution in [0.25, 0.3) is 11.1 Å². The number of hydrogen-bond acceptors (Lipinski definition) is 1. The van der Waals surface area contributed by atoms with Gasteiger partial charge in [0.15, 0.2) is 0 Å². The summed E-state index contributed by atoms with van der Waals surface area (Å²) in [4.78, 5) is 0. The Kier molecular flexibility index (Phi) is 4.12. The van der Waals surface area contributed by atoms with E-state index in [1.807, 2.05) is 37.3 Å². The van der Waals surface area contributed by atoms with Crippen molar-refractivity contribution in [3.8, 4) is 28.7 Å². The molecule has 0 amide bonds. The van der Waals surface area contributed by atoms with Gasteiger partial charge in [0.2, 0.25) is 0 Å². The molecule has 0 spiro atoms. The second-order valence-corrected chi connectivity index (χ2v) is 5.36. The Balaban J connectivity index is 1.84. The van der Waals surface area contributed by atoms with Gasteiger partial charge in [-0.25, -0.2) is 4.39 Å². The summed E-state index contributed by atoms with van der Waals surface area (Å²) in [5, 5.41) is 9.24. The lowest BCUT2D eigenvalue weighted by molar-refractivity contribution is 0.475. The highest BCUT2D eigenvalue weighted by Gasteiger charge is 2.04. The third kappa shape index (κ3) is 3.59. The maximum Gasteiger partial charge on any atom is 0.131 e. The standard InChI is InChI=1S/C21H15FO/c1-15-2-13-20(21(22)14-15)18-9-5-16(6-10-18)3-4-17-7-11-19(23)12-8-17/h2,5-14,23H,1H3. The van der Waals surface area contributed by atoms with Gasteiger partial charge in [-0.2, -0.15) is 0 Å². The molecule has 0 bridgehead atoms. The highest BCUT2D eigenvalue weighted by Crippen LogP contribution is 2.23. The zero-order chi connectivity index (χ0) is 16.2. The maximum absolute atomic E-state index is 14.0. The minimum absolute atomic E-state index is 0.215. The number of rotatable bonds is 1. The number of halogens is 1. The van der Waals surface area contributed by atoms with Gasteiger partial charge in [0.05, 0.1) is 0 Å². The molecule has 0 aromatic heterocycles. The van der Waals surface area contributed by atoms with Crippen molar-refractivity contribution in [1.29, 1.82) is 0 Å². The first-order chi connectivity index (χ1) is 11.1. The predicted octanol–water partition coefficient (Wildman–Crippen LogP) is 4.91. The zero-order valence-corrected chi connectivity index (χ0v) is 12.7. The predicted molar refractivity (Wildman–Crippen MR) is 90.7 cm³/mol. The van der Waals surface area contributed by atoms with Crippen LogP contribution in [-0.2, 0) is 0 Å². The number of phenols is 1. The van der Waals surface area contributed by atoms with Gasteiger partial charge in [-0.1, -0.05) is 36.1 Å². The third-order valence-electron chi connectivity index (χ3n) is 3.54. The SMILES string of the molecule is Cc1ccc(-c2ccc(C#Cc3ccc(O)cc3)cc2)c(F)c1. The molecule has 0 aliphatic heterocycles. The van der Waals surface area contributed by atoms with Crippen molar-refractivity contribution in [2.45, 2.75) is 6.92 Å². The highest BCUT2D eigenvalue weighted by molar-refractivity contribution is 5.65. The molecule has 0 aliphatic carbocycles. The van der Waals surface area contributed by atoms with E-state index in [4.69, 9.17) is 0 Å². The van der Waals surface area contributed by atoms with Crippen LogP contribution < -0.4 is 0 Å². The van der Waals surface area contributed by atoms with Gasteiger partial charge in [0.25, 0.3) is 0 Å². The molecule has 0 aliphatic rings. The van der Waals surface area contributed by atoms with Gasteiger partial charge in [-0.3, -0.25) is 0 Å². The normalized spacial score (nSPS) is 10.0. The Morgan fingerprint density at radius 1 is 0.783 bits per heavy atom. The lowest BCUT2D eigenvalue weighted by Gasteiger charge is -2.04. The van der Waals surface area contributed by atoms with Crippen LogP contribution in [0.4, 0.5) is 4.39 Å². The second kappa shape index (κ2) is 6.37. The molecule has 0 unspecified atom stereocenters. The smallest absolute Gasteiger partial charge is 0.131 e. The Labute approximate surface area is 135 Å². The molecule has 0 saturated carbocycles. The van der Waals surface area contributed by atoms with Crippen molar-refractivity contribution in [3.63, 3.8) is 0 Å². The number of benzene rings is 3. The van der Waals surface area contributed by atoms with E-state index in [-0.39, 0.29) is 11.6 Å². The molecule has 0 atom stereocenters. The number of hydrogen-bond donors (Lipinski definition) is 1. The van der Waals surface area contributed by atoms with E-state index in [1.165, 1.54) is 6.07 Å². The van der Waals surface area contributed by atoms with E-state index >= 15 is 0 Å². The van der Waals surface area contributed by atoms with E-state index in [9.17, 15) is 9.50 Å². The van der Waals surface area contributed by atoms with Crippen LogP contribution in [0, 0.1) is 24.6 Å². The van der Waals surface area contributed by atoms with E-state index in [0.29, 0.717) is 5.56 Å².